The molecule has 0 amide bonds. The summed E-state index contributed by atoms with van der Waals surface area (Å²) >= 11 is 5.46. The van der Waals surface area contributed by atoms with Gasteiger partial charge in [-0.1, -0.05) is 18.2 Å². The Morgan fingerprint density at radius 1 is 1.67 bits per heavy atom. The summed E-state index contributed by atoms with van der Waals surface area (Å²) in [6, 6.07) is 5.61. The molecular formula is C9H7ClN2. The van der Waals surface area contributed by atoms with Gasteiger partial charge in [0.2, 0.25) is 0 Å². The van der Waals surface area contributed by atoms with Gasteiger partial charge in [-0.25, -0.2) is 4.98 Å². The molecule has 0 atom stereocenters. The second-order valence-electron chi connectivity index (χ2n) is 2.11. The summed E-state index contributed by atoms with van der Waals surface area (Å²) in [5, 5.41) is 8.64. The summed E-state index contributed by atoms with van der Waals surface area (Å²) in [5.74, 6) is 0.444. The van der Waals surface area contributed by atoms with Gasteiger partial charge >= 0.3 is 0 Å². The van der Waals surface area contributed by atoms with Gasteiger partial charge in [0.25, 0.3) is 0 Å². The number of allylic oxidation sites excluding steroid dienone is 1. The van der Waals surface area contributed by atoms with E-state index >= 15 is 0 Å². The molecule has 0 aromatic carbocycles. The maximum absolute atomic E-state index is 8.64. The number of halogens is 1. The zero-order valence-electron chi connectivity index (χ0n) is 6.37. The molecule has 0 aliphatic heterocycles. The smallest absolute Gasteiger partial charge is 0.147 e. The minimum absolute atomic E-state index is 0.430. The second-order valence-corrected chi connectivity index (χ2v) is 2.42. The minimum atomic E-state index is 0.430. The lowest BCUT2D eigenvalue weighted by molar-refractivity contribution is 1.25. The molecule has 1 heterocycles. The van der Waals surface area contributed by atoms with Crippen molar-refractivity contribution >= 4 is 17.7 Å². The number of rotatable bonds is 2. The van der Waals surface area contributed by atoms with Crippen molar-refractivity contribution in [3.05, 3.63) is 35.7 Å². The first-order valence-corrected chi connectivity index (χ1v) is 3.99. The third-order valence-corrected chi connectivity index (χ3v) is 1.51. The number of hydrogen-bond acceptors (Lipinski definition) is 2. The lowest BCUT2D eigenvalue weighted by Crippen LogP contribution is -1.85. The number of nitrogens with zero attached hydrogens (tertiary/aromatic N) is 2. The molecule has 0 N–H and O–H groups in total. The van der Waals surface area contributed by atoms with E-state index in [0.29, 0.717) is 11.6 Å². The zero-order chi connectivity index (χ0) is 8.81. The van der Waals surface area contributed by atoms with Crippen molar-refractivity contribution in [2.24, 2.45) is 0 Å². The normalized spacial score (nSPS) is 10.0. The largest absolute Gasteiger partial charge is 0.245 e. The van der Waals surface area contributed by atoms with Gasteiger partial charge in [-0.15, -0.1) is 11.6 Å². The van der Waals surface area contributed by atoms with Gasteiger partial charge in [-0.2, -0.15) is 5.26 Å². The molecule has 0 saturated carbocycles. The molecule has 3 heteroatoms. The van der Waals surface area contributed by atoms with Crippen LogP contribution in [0.25, 0.3) is 6.08 Å². The van der Waals surface area contributed by atoms with Crippen molar-refractivity contribution < 1.29 is 0 Å². The van der Waals surface area contributed by atoms with Crippen LogP contribution in [0.5, 0.6) is 0 Å². The van der Waals surface area contributed by atoms with E-state index in [2.05, 4.69) is 4.98 Å². The van der Waals surface area contributed by atoms with Crippen LogP contribution in [0.2, 0.25) is 0 Å². The van der Waals surface area contributed by atoms with Gasteiger partial charge in [0.15, 0.2) is 0 Å². The first kappa shape index (κ1) is 8.76. The standard InChI is InChI=1S/C9H7ClN2/c10-5-1-3-8-4-2-6-12-9(8)7-11/h1-4,6H,5H2. The van der Waals surface area contributed by atoms with Crippen molar-refractivity contribution in [2.45, 2.75) is 0 Å². The summed E-state index contributed by atoms with van der Waals surface area (Å²) in [6.45, 7) is 0. The highest BCUT2D eigenvalue weighted by atomic mass is 35.5. The van der Waals surface area contributed by atoms with Crippen molar-refractivity contribution in [1.82, 2.24) is 4.98 Å². The zero-order valence-corrected chi connectivity index (χ0v) is 7.12. The SMILES string of the molecule is N#Cc1ncccc1C=CCCl. The van der Waals surface area contributed by atoms with E-state index < -0.39 is 0 Å². The summed E-state index contributed by atoms with van der Waals surface area (Å²) in [4.78, 5) is 3.89. The number of aromatic nitrogens is 1. The van der Waals surface area contributed by atoms with Crippen molar-refractivity contribution in [3.8, 4) is 6.07 Å². The molecule has 0 unspecified atom stereocenters. The fraction of sp³-hybridized carbons (Fsp3) is 0.111. The first-order valence-electron chi connectivity index (χ1n) is 3.46. The highest BCUT2D eigenvalue weighted by Crippen LogP contribution is 2.05. The van der Waals surface area contributed by atoms with Crippen LogP contribution in [0, 0.1) is 11.3 Å². The number of nitriles is 1. The summed E-state index contributed by atoms with van der Waals surface area (Å²) in [6.07, 6.45) is 5.16. The van der Waals surface area contributed by atoms with Crippen molar-refractivity contribution in [3.63, 3.8) is 0 Å². The van der Waals surface area contributed by atoms with E-state index in [9.17, 15) is 0 Å². The molecule has 0 aliphatic carbocycles. The molecule has 1 aromatic rings. The lowest BCUT2D eigenvalue weighted by Gasteiger charge is -1.93. The number of alkyl halides is 1. The topological polar surface area (TPSA) is 36.7 Å². The molecule has 0 radical (unpaired) electrons. The predicted molar refractivity (Wildman–Crippen MR) is 48.7 cm³/mol. The third-order valence-electron chi connectivity index (χ3n) is 1.33. The monoisotopic (exact) mass is 178 g/mol. The molecule has 2 nitrogen and oxygen atoms in total. The summed E-state index contributed by atoms with van der Waals surface area (Å²) in [7, 11) is 0. The van der Waals surface area contributed by atoms with Gasteiger partial charge in [-0.05, 0) is 6.07 Å². The molecule has 0 saturated heterocycles. The van der Waals surface area contributed by atoms with Crippen LogP contribution in [0.15, 0.2) is 24.4 Å². The fourth-order valence-electron chi connectivity index (χ4n) is 0.817. The Kier molecular flexibility index (Phi) is 3.31. The van der Waals surface area contributed by atoms with Gasteiger partial charge < -0.3 is 0 Å². The van der Waals surface area contributed by atoms with E-state index in [-0.39, 0.29) is 0 Å². The minimum Gasteiger partial charge on any atom is -0.245 e. The highest BCUT2D eigenvalue weighted by molar-refractivity contribution is 6.19. The summed E-state index contributed by atoms with van der Waals surface area (Å²) < 4.78 is 0. The van der Waals surface area contributed by atoms with Crippen LogP contribution in [-0.2, 0) is 0 Å². The average Bonchev–Trinajstić information content (AvgIpc) is 2.15. The second kappa shape index (κ2) is 4.53. The van der Waals surface area contributed by atoms with Crippen LogP contribution >= 0.6 is 11.6 Å². The van der Waals surface area contributed by atoms with E-state index in [4.69, 9.17) is 16.9 Å². The number of pyridine rings is 1. The van der Waals surface area contributed by atoms with E-state index in [1.165, 1.54) is 0 Å². The average molecular weight is 179 g/mol. The van der Waals surface area contributed by atoms with Crippen LogP contribution in [0.3, 0.4) is 0 Å². The van der Waals surface area contributed by atoms with Crippen LogP contribution in [0.4, 0.5) is 0 Å². The molecule has 1 rings (SSSR count). The van der Waals surface area contributed by atoms with E-state index in [1.807, 2.05) is 12.1 Å². The molecule has 12 heavy (non-hydrogen) atoms. The Morgan fingerprint density at radius 3 is 3.17 bits per heavy atom. The molecular weight excluding hydrogens is 172 g/mol. The molecule has 0 spiro atoms. The van der Waals surface area contributed by atoms with Gasteiger partial charge in [0.05, 0.1) is 0 Å². The summed E-state index contributed by atoms with van der Waals surface area (Å²) in [5.41, 5.74) is 1.24. The molecule has 60 valence electrons. The Labute approximate surface area is 76.1 Å². The molecule has 0 fully saturated rings. The maximum Gasteiger partial charge on any atom is 0.147 e. The molecule has 1 aromatic heterocycles. The van der Waals surface area contributed by atoms with Crippen molar-refractivity contribution in [1.29, 1.82) is 5.26 Å². The third kappa shape index (κ3) is 2.08. The van der Waals surface area contributed by atoms with Gasteiger partial charge in [0.1, 0.15) is 11.8 Å². The highest BCUT2D eigenvalue weighted by Gasteiger charge is 1.95. The molecule has 0 bridgehead atoms. The van der Waals surface area contributed by atoms with E-state index in [1.54, 1.807) is 24.4 Å². The Balaban J connectivity index is 2.99. The van der Waals surface area contributed by atoms with Crippen LogP contribution in [0.1, 0.15) is 11.3 Å². The Bertz CT molecular complexity index is 326. The van der Waals surface area contributed by atoms with Gasteiger partial charge in [-0.3, -0.25) is 0 Å². The van der Waals surface area contributed by atoms with E-state index in [0.717, 1.165) is 5.56 Å². The van der Waals surface area contributed by atoms with Crippen LogP contribution in [-0.4, -0.2) is 10.9 Å². The quantitative estimate of drug-likeness (QED) is 0.651. The Hall–Kier alpha value is -1.33. The lowest BCUT2D eigenvalue weighted by atomic mass is 10.2. The number of hydrogen-bond donors (Lipinski definition) is 0. The maximum atomic E-state index is 8.64. The van der Waals surface area contributed by atoms with Gasteiger partial charge in [0, 0.05) is 17.6 Å². The Morgan fingerprint density at radius 2 is 2.50 bits per heavy atom. The van der Waals surface area contributed by atoms with Crippen LogP contribution < -0.4 is 0 Å². The van der Waals surface area contributed by atoms with Crippen molar-refractivity contribution in [2.75, 3.05) is 5.88 Å². The first-order chi connectivity index (χ1) is 5.88. The fourth-order valence-corrected chi connectivity index (χ4v) is 0.906. The predicted octanol–water partition coefficient (Wildman–Crippen LogP) is 2.21. The molecule has 0 aliphatic rings.